The van der Waals surface area contributed by atoms with Crippen molar-refractivity contribution in [1.82, 2.24) is 5.32 Å². The van der Waals surface area contributed by atoms with Crippen LogP contribution in [0.5, 0.6) is 0 Å². The van der Waals surface area contributed by atoms with Gasteiger partial charge in [-0.15, -0.1) is 0 Å². The van der Waals surface area contributed by atoms with Crippen molar-refractivity contribution < 1.29 is 14.4 Å². The minimum Gasteiger partial charge on any atom is -0.378 e. The monoisotopic (exact) mass is 344 g/mol. The third-order valence-electron chi connectivity index (χ3n) is 3.43. The minimum atomic E-state index is -0.393. The van der Waals surface area contributed by atoms with E-state index < -0.39 is 4.92 Å². The molecule has 0 bridgehead atoms. The normalized spacial score (nSPS) is 22.1. The third kappa shape index (κ3) is 3.76. The molecule has 1 N–H and O–H groups in total. The molecule has 2 rings (SSSR count). The molecule has 0 aliphatic carbocycles. The number of nitro benzene ring substituents is 1. The van der Waals surface area contributed by atoms with Gasteiger partial charge in [0.05, 0.1) is 11.5 Å². The predicted molar refractivity (Wildman–Crippen MR) is 77.7 cm³/mol. The molecular formula is C13H17BrN2O4. The lowest BCUT2D eigenvalue weighted by Gasteiger charge is -2.26. The number of nitrogens with zero attached hydrogens (tertiary/aromatic N) is 1. The van der Waals surface area contributed by atoms with Crippen molar-refractivity contribution in [2.24, 2.45) is 0 Å². The molecule has 1 aliphatic heterocycles. The second kappa shape index (κ2) is 6.62. The van der Waals surface area contributed by atoms with Crippen molar-refractivity contribution in [3.8, 4) is 0 Å². The molecule has 6 nitrogen and oxygen atoms in total. The lowest BCUT2D eigenvalue weighted by Crippen LogP contribution is -2.42. The average Bonchev–Trinajstić information content (AvgIpc) is 2.87. The van der Waals surface area contributed by atoms with Crippen LogP contribution in [-0.2, 0) is 16.0 Å². The van der Waals surface area contributed by atoms with E-state index in [2.05, 4.69) is 21.2 Å². The molecule has 0 aromatic heterocycles. The Labute approximate surface area is 125 Å². The molecular weight excluding hydrogens is 328 g/mol. The molecule has 0 amide bonds. The predicted octanol–water partition coefficient (Wildman–Crippen LogP) is 2.25. The van der Waals surface area contributed by atoms with Crippen LogP contribution < -0.4 is 5.32 Å². The number of nitro groups is 1. The van der Waals surface area contributed by atoms with Gasteiger partial charge in [0, 0.05) is 49.8 Å². The summed E-state index contributed by atoms with van der Waals surface area (Å²) in [5.74, 6) is 0. The number of nitrogens with one attached hydrogen (secondary N) is 1. The van der Waals surface area contributed by atoms with Gasteiger partial charge in [-0.2, -0.15) is 0 Å². The highest BCUT2D eigenvalue weighted by atomic mass is 79.9. The summed E-state index contributed by atoms with van der Waals surface area (Å²) in [6.45, 7) is 2.49. The summed E-state index contributed by atoms with van der Waals surface area (Å²) in [6.07, 6.45) is 0.856. The van der Waals surface area contributed by atoms with Gasteiger partial charge < -0.3 is 14.8 Å². The van der Waals surface area contributed by atoms with Gasteiger partial charge >= 0.3 is 0 Å². The molecule has 1 atom stereocenters. The average molecular weight is 345 g/mol. The highest BCUT2D eigenvalue weighted by Gasteiger charge is 2.34. The van der Waals surface area contributed by atoms with Gasteiger partial charge in [-0.05, 0) is 11.6 Å². The van der Waals surface area contributed by atoms with Gasteiger partial charge in [0.25, 0.3) is 5.69 Å². The van der Waals surface area contributed by atoms with Crippen molar-refractivity contribution in [2.75, 3.05) is 26.9 Å². The minimum absolute atomic E-state index is 0.0850. The molecule has 7 heteroatoms. The second-order valence-corrected chi connectivity index (χ2v) is 5.78. The van der Waals surface area contributed by atoms with Gasteiger partial charge in [0.1, 0.15) is 5.60 Å². The fourth-order valence-electron chi connectivity index (χ4n) is 2.24. The summed E-state index contributed by atoms with van der Waals surface area (Å²) in [6, 6.07) is 4.93. The Morgan fingerprint density at radius 1 is 1.55 bits per heavy atom. The molecule has 1 aromatic rings. The van der Waals surface area contributed by atoms with Gasteiger partial charge in [0.2, 0.25) is 0 Å². The Balaban J connectivity index is 1.95. The molecule has 0 spiro atoms. The molecule has 1 aliphatic rings. The van der Waals surface area contributed by atoms with Crippen LogP contribution in [0.1, 0.15) is 12.0 Å². The highest BCUT2D eigenvalue weighted by molar-refractivity contribution is 9.10. The fourth-order valence-corrected chi connectivity index (χ4v) is 2.77. The van der Waals surface area contributed by atoms with Crippen LogP contribution in [0.4, 0.5) is 5.69 Å². The van der Waals surface area contributed by atoms with Gasteiger partial charge in [0.15, 0.2) is 0 Å². The topological polar surface area (TPSA) is 73.6 Å². The van der Waals surface area contributed by atoms with Crippen LogP contribution in [0, 0.1) is 10.1 Å². The molecule has 1 heterocycles. The third-order valence-corrected chi connectivity index (χ3v) is 3.89. The van der Waals surface area contributed by atoms with Crippen LogP contribution in [0.15, 0.2) is 22.7 Å². The van der Waals surface area contributed by atoms with Crippen LogP contribution in [0.25, 0.3) is 0 Å². The summed E-state index contributed by atoms with van der Waals surface area (Å²) in [5, 5.41) is 14.1. The Hall–Kier alpha value is -1.02. The Morgan fingerprint density at radius 2 is 2.35 bits per heavy atom. The van der Waals surface area contributed by atoms with E-state index in [0.29, 0.717) is 30.8 Å². The first-order chi connectivity index (χ1) is 9.54. The number of hydrogen-bond acceptors (Lipinski definition) is 5. The number of ether oxygens (including phenoxy) is 2. The van der Waals surface area contributed by atoms with E-state index in [0.717, 1.165) is 12.0 Å². The molecule has 1 saturated heterocycles. The highest BCUT2D eigenvalue weighted by Crippen LogP contribution is 2.23. The summed E-state index contributed by atoms with van der Waals surface area (Å²) in [4.78, 5) is 10.4. The summed E-state index contributed by atoms with van der Waals surface area (Å²) in [5.41, 5.74) is 0.663. The van der Waals surface area contributed by atoms with Crippen molar-refractivity contribution in [3.05, 3.63) is 38.3 Å². The largest absolute Gasteiger partial charge is 0.378 e. The van der Waals surface area contributed by atoms with E-state index in [9.17, 15) is 10.1 Å². The molecule has 0 saturated carbocycles. The first kappa shape index (κ1) is 15.4. The zero-order valence-electron chi connectivity index (χ0n) is 11.2. The molecule has 1 aromatic carbocycles. The summed E-state index contributed by atoms with van der Waals surface area (Å²) < 4.78 is 11.6. The summed E-state index contributed by atoms with van der Waals surface area (Å²) in [7, 11) is 1.68. The first-order valence-corrected chi connectivity index (χ1v) is 7.11. The van der Waals surface area contributed by atoms with Crippen molar-refractivity contribution in [2.45, 2.75) is 18.6 Å². The summed E-state index contributed by atoms with van der Waals surface area (Å²) >= 11 is 3.29. The van der Waals surface area contributed by atoms with E-state index in [-0.39, 0.29) is 11.3 Å². The van der Waals surface area contributed by atoms with Crippen molar-refractivity contribution in [1.29, 1.82) is 0 Å². The van der Waals surface area contributed by atoms with Gasteiger partial charge in [-0.25, -0.2) is 0 Å². The van der Waals surface area contributed by atoms with Crippen LogP contribution >= 0.6 is 15.9 Å². The molecule has 110 valence electrons. The number of benzene rings is 1. The SMILES string of the molecule is COC1(CNCc2cc(Br)cc([N+](=O)[O-])c2)CCOC1. The molecule has 1 fully saturated rings. The van der Waals surface area contributed by atoms with E-state index in [1.54, 1.807) is 13.2 Å². The van der Waals surface area contributed by atoms with E-state index >= 15 is 0 Å². The standard InChI is InChI=1S/C13H17BrN2O4/c1-19-13(2-3-20-9-13)8-15-7-10-4-11(14)6-12(5-10)16(17)18/h4-6,15H,2-3,7-9H2,1H3. The maximum atomic E-state index is 10.8. The molecule has 1 unspecified atom stereocenters. The number of methoxy groups -OCH3 is 1. The van der Waals surface area contributed by atoms with Crippen LogP contribution in [0.2, 0.25) is 0 Å². The van der Waals surface area contributed by atoms with Gasteiger partial charge in [-0.3, -0.25) is 10.1 Å². The maximum absolute atomic E-state index is 10.8. The number of halogens is 1. The number of rotatable bonds is 6. The Morgan fingerprint density at radius 3 is 2.95 bits per heavy atom. The quantitative estimate of drug-likeness (QED) is 0.632. The number of non-ortho nitro benzene ring substituents is 1. The van der Waals surface area contributed by atoms with Crippen molar-refractivity contribution >= 4 is 21.6 Å². The van der Waals surface area contributed by atoms with Crippen molar-refractivity contribution in [3.63, 3.8) is 0 Å². The van der Waals surface area contributed by atoms with Gasteiger partial charge in [-0.1, -0.05) is 15.9 Å². The zero-order chi connectivity index (χ0) is 14.6. The van der Waals surface area contributed by atoms with E-state index in [1.165, 1.54) is 6.07 Å². The first-order valence-electron chi connectivity index (χ1n) is 6.32. The maximum Gasteiger partial charge on any atom is 0.270 e. The molecule has 20 heavy (non-hydrogen) atoms. The van der Waals surface area contributed by atoms with E-state index in [4.69, 9.17) is 9.47 Å². The van der Waals surface area contributed by atoms with E-state index in [1.807, 2.05) is 6.07 Å². The zero-order valence-corrected chi connectivity index (χ0v) is 12.8. The fraction of sp³-hybridized carbons (Fsp3) is 0.538. The lowest BCUT2D eigenvalue weighted by molar-refractivity contribution is -0.385. The Kier molecular flexibility index (Phi) is 5.09. The van der Waals surface area contributed by atoms with Crippen LogP contribution in [-0.4, -0.2) is 37.4 Å². The smallest absolute Gasteiger partial charge is 0.270 e. The molecule has 0 radical (unpaired) electrons. The Bertz CT molecular complexity index is 489. The second-order valence-electron chi connectivity index (χ2n) is 4.87. The number of hydrogen-bond donors (Lipinski definition) is 1. The lowest BCUT2D eigenvalue weighted by atomic mass is 10.0. The van der Waals surface area contributed by atoms with Crippen LogP contribution in [0.3, 0.4) is 0 Å².